The number of piperazine rings is 1. The van der Waals surface area contributed by atoms with Gasteiger partial charge in [-0.15, -0.1) is 0 Å². The highest BCUT2D eigenvalue weighted by atomic mass is 16.2. The van der Waals surface area contributed by atoms with Crippen LogP contribution in [0.5, 0.6) is 0 Å². The summed E-state index contributed by atoms with van der Waals surface area (Å²) in [6.45, 7) is 3.22. The zero-order valence-electron chi connectivity index (χ0n) is 8.26. The third-order valence-corrected chi connectivity index (χ3v) is 2.31. The van der Waals surface area contributed by atoms with Gasteiger partial charge in [-0.05, 0) is 10.4 Å². The van der Waals surface area contributed by atoms with Crippen LogP contribution >= 0.6 is 0 Å². The molecule has 0 atom stereocenters. The minimum atomic E-state index is -0.00417. The maximum absolute atomic E-state index is 11.7. The van der Waals surface area contributed by atoms with Gasteiger partial charge in [0.15, 0.2) is 0 Å². The number of carbonyl (C=O) groups is 1. The molecule has 0 unspecified atom stereocenters. The first kappa shape index (κ1) is 9.84. The van der Waals surface area contributed by atoms with Crippen molar-refractivity contribution in [2.24, 2.45) is 0 Å². The van der Waals surface area contributed by atoms with Crippen molar-refractivity contribution < 1.29 is 4.79 Å². The molecular weight excluding hydrogens is 198 g/mol. The minimum Gasteiger partial charge on any atom is -0.367 e. The van der Waals surface area contributed by atoms with Crippen molar-refractivity contribution >= 4 is 11.9 Å². The molecule has 1 fully saturated rings. The number of rotatable bonds is 2. The Bertz CT molecular complexity index is 343. The number of nitrogens with one attached hydrogen (secondary N) is 1. The van der Waals surface area contributed by atoms with Crippen molar-refractivity contribution in [1.29, 1.82) is 0 Å². The summed E-state index contributed by atoms with van der Waals surface area (Å²) in [7, 11) is 0. The van der Waals surface area contributed by atoms with Crippen molar-refractivity contribution in [1.82, 2.24) is 30.4 Å². The van der Waals surface area contributed by atoms with E-state index in [-0.39, 0.29) is 18.4 Å². The average Bonchev–Trinajstić information content (AvgIpc) is 2.66. The lowest BCUT2D eigenvalue weighted by atomic mass is 10.3. The number of aromatic nitrogens is 4. The van der Waals surface area contributed by atoms with Crippen LogP contribution in [-0.4, -0.2) is 57.2 Å². The first-order valence-corrected chi connectivity index (χ1v) is 4.77. The fourth-order valence-electron chi connectivity index (χ4n) is 1.47. The fourth-order valence-corrected chi connectivity index (χ4v) is 1.47. The predicted octanol–water partition coefficient (Wildman–Crippen LogP) is -2.31. The second kappa shape index (κ2) is 4.22. The molecule has 0 saturated carbocycles. The van der Waals surface area contributed by atoms with Crippen molar-refractivity contribution in [3.8, 4) is 0 Å². The summed E-state index contributed by atoms with van der Waals surface area (Å²) in [6.07, 6.45) is 0. The molecule has 0 spiro atoms. The molecule has 2 rings (SSSR count). The Morgan fingerprint density at radius 3 is 2.80 bits per heavy atom. The molecule has 0 aromatic carbocycles. The number of tetrazole rings is 1. The van der Waals surface area contributed by atoms with E-state index >= 15 is 0 Å². The Hall–Kier alpha value is -1.70. The van der Waals surface area contributed by atoms with Crippen molar-refractivity contribution in [2.45, 2.75) is 6.54 Å². The summed E-state index contributed by atoms with van der Waals surface area (Å²) in [4.78, 5) is 13.5. The van der Waals surface area contributed by atoms with Crippen LogP contribution < -0.4 is 11.1 Å². The van der Waals surface area contributed by atoms with Gasteiger partial charge in [0.2, 0.25) is 11.9 Å². The molecule has 8 heteroatoms. The van der Waals surface area contributed by atoms with Crippen LogP contribution in [0.25, 0.3) is 0 Å². The number of hydrogen-bond acceptors (Lipinski definition) is 6. The molecule has 15 heavy (non-hydrogen) atoms. The summed E-state index contributed by atoms with van der Waals surface area (Å²) in [5, 5.41) is 13.7. The number of nitrogens with two attached hydrogens (primary N) is 1. The van der Waals surface area contributed by atoms with E-state index in [2.05, 4.69) is 20.8 Å². The van der Waals surface area contributed by atoms with Gasteiger partial charge in [-0.3, -0.25) is 4.79 Å². The van der Waals surface area contributed by atoms with Crippen LogP contribution in [0.15, 0.2) is 0 Å². The fraction of sp³-hybridized carbons (Fsp3) is 0.714. The van der Waals surface area contributed by atoms with Gasteiger partial charge in [0, 0.05) is 26.2 Å². The number of hydrogen-bond donors (Lipinski definition) is 2. The number of nitrogen functional groups attached to an aromatic ring is 1. The molecule has 1 saturated heterocycles. The van der Waals surface area contributed by atoms with E-state index in [1.807, 2.05) is 0 Å². The lowest BCUT2D eigenvalue weighted by molar-refractivity contribution is -0.132. The van der Waals surface area contributed by atoms with E-state index < -0.39 is 0 Å². The molecule has 0 radical (unpaired) electrons. The van der Waals surface area contributed by atoms with E-state index in [0.29, 0.717) is 0 Å². The van der Waals surface area contributed by atoms with Crippen LogP contribution in [0, 0.1) is 0 Å². The lowest BCUT2D eigenvalue weighted by Gasteiger charge is -2.27. The van der Waals surface area contributed by atoms with E-state index in [0.717, 1.165) is 26.2 Å². The Morgan fingerprint density at radius 1 is 1.47 bits per heavy atom. The standard InChI is InChI=1S/C7H13N7O/c8-7-10-11-12-14(7)5-6(15)13-3-1-9-2-4-13/h9H,1-5H2,(H2,8,10,12). The molecule has 1 amide bonds. The van der Waals surface area contributed by atoms with Crippen molar-refractivity contribution in [2.75, 3.05) is 31.9 Å². The lowest BCUT2D eigenvalue weighted by Crippen LogP contribution is -2.47. The van der Waals surface area contributed by atoms with Crippen LogP contribution in [-0.2, 0) is 11.3 Å². The smallest absolute Gasteiger partial charge is 0.244 e. The SMILES string of the molecule is Nc1nnnn1CC(=O)N1CCNCC1. The molecule has 1 aliphatic rings. The third-order valence-electron chi connectivity index (χ3n) is 2.31. The van der Waals surface area contributed by atoms with Gasteiger partial charge in [-0.1, -0.05) is 5.10 Å². The zero-order valence-corrected chi connectivity index (χ0v) is 8.26. The number of carbonyl (C=O) groups excluding carboxylic acids is 1. The Morgan fingerprint density at radius 2 is 2.20 bits per heavy atom. The number of amides is 1. The first-order valence-electron chi connectivity index (χ1n) is 4.77. The van der Waals surface area contributed by atoms with Gasteiger partial charge in [0.1, 0.15) is 6.54 Å². The van der Waals surface area contributed by atoms with Gasteiger partial charge in [0.25, 0.3) is 0 Å². The highest BCUT2D eigenvalue weighted by Crippen LogP contribution is 1.98. The minimum absolute atomic E-state index is 0.00417. The van der Waals surface area contributed by atoms with Crippen molar-refractivity contribution in [3.05, 3.63) is 0 Å². The maximum atomic E-state index is 11.7. The molecule has 3 N–H and O–H groups in total. The number of anilines is 1. The summed E-state index contributed by atoms with van der Waals surface area (Å²) >= 11 is 0. The van der Waals surface area contributed by atoms with Crippen LogP contribution in [0.1, 0.15) is 0 Å². The average molecular weight is 211 g/mol. The predicted molar refractivity (Wildman–Crippen MR) is 51.7 cm³/mol. The van der Waals surface area contributed by atoms with E-state index in [1.54, 1.807) is 4.90 Å². The normalized spacial score (nSPS) is 16.7. The molecule has 0 bridgehead atoms. The topological polar surface area (TPSA) is 102 Å². The van der Waals surface area contributed by atoms with Gasteiger partial charge >= 0.3 is 0 Å². The van der Waals surface area contributed by atoms with Crippen molar-refractivity contribution in [3.63, 3.8) is 0 Å². The van der Waals surface area contributed by atoms with Gasteiger partial charge in [0.05, 0.1) is 0 Å². The highest BCUT2D eigenvalue weighted by Gasteiger charge is 2.17. The zero-order chi connectivity index (χ0) is 10.7. The summed E-state index contributed by atoms with van der Waals surface area (Å²) in [6, 6.07) is 0. The second-order valence-electron chi connectivity index (χ2n) is 3.33. The molecule has 82 valence electrons. The third kappa shape index (κ3) is 2.21. The summed E-state index contributed by atoms with van der Waals surface area (Å²) in [5.41, 5.74) is 5.46. The first-order chi connectivity index (χ1) is 7.27. The molecule has 1 aromatic rings. The van der Waals surface area contributed by atoms with Crippen LogP contribution in [0.3, 0.4) is 0 Å². The van der Waals surface area contributed by atoms with Gasteiger partial charge in [-0.2, -0.15) is 0 Å². The largest absolute Gasteiger partial charge is 0.367 e. The monoisotopic (exact) mass is 211 g/mol. The highest BCUT2D eigenvalue weighted by molar-refractivity contribution is 5.76. The van der Waals surface area contributed by atoms with E-state index in [9.17, 15) is 4.79 Å². The maximum Gasteiger partial charge on any atom is 0.244 e. The molecule has 2 heterocycles. The molecule has 0 aliphatic carbocycles. The molecule has 8 nitrogen and oxygen atoms in total. The van der Waals surface area contributed by atoms with Gasteiger partial charge < -0.3 is 16.0 Å². The Labute approximate surface area is 86.4 Å². The molecule has 1 aliphatic heterocycles. The summed E-state index contributed by atoms with van der Waals surface area (Å²) < 4.78 is 1.30. The number of nitrogens with zero attached hydrogens (tertiary/aromatic N) is 5. The van der Waals surface area contributed by atoms with Gasteiger partial charge in [-0.25, -0.2) is 4.68 Å². The van der Waals surface area contributed by atoms with Crippen LogP contribution in [0.2, 0.25) is 0 Å². The van der Waals surface area contributed by atoms with Crippen LogP contribution in [0.4, 0.5) is 5.95 Å². The Kier molecular flexibility index (Phi) is 2.77. The van der Waals surface area contributed by atoms with E-state index in [4.69, 9.17) is 5.73 Å². The second-order valence-corrected chi connectivity index (χ2v) is 3.33. The van der Waals surface area contributed by atoms with E-state index in [1.165, 1.54) is 4.68 Å². The Balaban J connectivity index is 1.94. The summed E-state index contributed by atoms with van der Waals surface area (Å²) in [5.74, 6) is 0.161. The molecule has 1 aromatic heterocycles. The quantitative estimate of drug-likeness (QED) is 0.569. The molecular formula is C7H13N7O.